The molecule has 1 saturated carbocycles. The first-order valence-electron chi connectivity index (χ1n) is 7.60. The summed E-state index contributed by atoms with van der Waals surface area (Å²) in [5, 5.41) is 11.7. The van der Waals surface area contributed by atoms with Crippen LogP contribution in [0, 0.1) is 11.3 Å². The van der Waals surface area contributed by atoms with Crippen LogP contribution in [0.5, 0.6) is 0 Å². The Morgan fingerprint density at radius 2 is 2.00 bits per heavy atom. The SMILES string of the molecule is N#Cc1cn(CC(=O)NCC2(c3ccccc3)CC2)c(=O)[nH]c1=O. The van der Waals surface area contributed by atoms with Crippen LogP contribution in [0.3, 0.4) is 0 Å². The predicted molar refractivity (Wildman–Crippen MR) is 86.4 cm³/mol. The van der Waals surface area contributed by atoms with E-state index >= 15 is 0 Å². The van der Waals surface area contributed by atoms with Crippen molar-refractivity contribution in [2.24, 2.45) is 0 Å². The fourth-order valence-corrected chi connectivity index (χ4v) is 2.69. The van der Waals surface area contributed by atoms with Crippen LogP contribution in [0.15, 0.2) is 46.1 Å². The molecule has 24 heavy (non-hydrogen) atoms. The molecular weight excluding hydrogens is 308 g/mol. The molecule has 1 aromatic carbocycles. The minimum absolute atomic E-state index is 0.0231. The second-order valence-corrected chi connectivity index (χ2v) is 5.96. The van der Waals surface area contributed by atoms with Crippen LogP contribution in [0.1, 0.15) is 24.0 Å². The molecule has 3 rings (SSSR count). The molecule has 1 fully saturated rings. The number of carbonyl (C=O) groups is 1. The van der Waals surface area contributed by atoms with Crippen LogP contribution in [-0.2, 0) is 16.8 Å². The highest BCUT2D eigenvalue weighted by atomic mass is 16.2. The van der Waals surface area contributed by atoms with Crippen molar-refractivity contribution < 1.29 is 4.79 Å². The first kappa shape index (κ1) is 15.7. The van der Waals surface area contributed by atoms with Gasteiger partial charge in [-0.2, -0.15) is 5.26 Å². The largest absolute Gasteiger partial charge is 0.354 e. The second kappa shape index (κ2) is 6.16. The second-order valence-electron chi connectivity index (χ2n) is 5.96. The van der Waals surface area contributed by atoms with E-state index in [4.69, 9.17) is 5.26 Å². The summed E-state index contributed by atoms with van der Waals surface area (Å²) in [6, 6.07) is 11.7. The van der Waals surface area contributed by atoms with Crippen molar-refractivity contribution in [3.8, 4) is 6.07 Å². The third kappa shape index (κ3) is 3.13. The van der Waals surface area contributed by atoms with Crippen LogP contribution in [0.4, 0.5) is 0 Å². The summed E-state index contributed by atoms with van der Waals surface area (Å²) in [5.41, 5.74) is -0.493. The topological polar surface area (TPSA) is 108 Å². The van der Waals surface area contributed by atoms with Crippen molar-refractivity contribution in [2.45, 2.75) is 24.8 Å². The molecule has 1 aliphatic rings. The van der Waals surface area contributed by atoms with E-state index in [2.05, 4.69) is 5.32 Å². The normalized spacial score (nSPS) is 14.6. The summed E-state index contributed by atoms with van der Waals surface area (Å²) in [4.78, 5) is 37.2. The lowest BCUT2D eigenvalue weighted by Gasteiger charge is -2.16. The Labute approximate surface area is 137 Å². The summed E-state index contributed by atoms with van der Waals surface area (Å²) in [6.45, 7) is 0.258. The first-order chi connectivity index (χ1) is 11.5. The van der Waals surface area contributed by atoms with E-state index in [1.807, 2.05) is 35.3 Å². The molecular formula is C17H16N4O3. The van der Waals surface area contributed by atoms with E-state index < -0.39 is 11.2 Å². The van der Waals surface area contributed by atoms with Gasteiger partial charge in [-0.05, 0) is 18.4 Å². The van der Waals surface area contributed by atoms with Crippen LogP contribution >= 0.6 is 0 Å². The number of nitriles is 1. The molecule has 0 bridgehead atoms. The van der Waals surface area contributed by atoms with Gasteiger partial charge in [-0.25, -0.2) is 4.79 Å². The molecule has 2 N–H and O–H groups in total. The molecule has 1 aliphatic carbocycles. The van der Waals surface area contributed by atoms with E-state index in [1.54, 1.807) is 6.07 Å². The third-order valence-electron chi connectivity index (χ3n) is 4.31. The standard InChI is InChI=1S/C17H16N4O3/c18-8-12-9-21(16(24)20-15(12)23)10-14(22)19-11-17(6-7-17)13-4-2-1-3-5-13/h1-5,9H,6-7,10-11H2,(H,19,22)(H,20,23,24). The first-order valence-corrected chi connectivity index (χ1v) is 7.60. The van der Waals surface area contributed by atoms with Gasteiger partial charge in [0.1, 0.15) is 18.2 Å². The average molecular weight is 324 g/mol. The van der Waals surface area contributed by atoms with Crippen LogP contribution in [0.2, 0.25) is 0 Å². The van der Waals surface area contributed by atoms with E-state index in [0.717, 1.165) is 23.6 Å². The summed E-state index contributed by atoms with van der Waals surface area (Å²) >= 11 is 0. The fraction of sp³-hybridized carbons (Fsp3) is 0.294. The fourth-order valence-electron chi connectivity index (χ4n) is 2.69. The summed E-state index contributed by atoms with van der Waals surface area (Å²) in [7, 11) is 0. The number of carbonyl (C=O) groups excluding carboxylic acids is 1. The molecule has 0 atom stereocenters. The van der Waals surface area contributed by atoms with E-state index in [9.17, 15) is 14.4 Å². The highest BCUT2D eigenvalue weighted by Crippen LogP contribution is 2.47. The van der Waals surface area contributed by atoms with Gasteiger partial charge in [0.15, 0.2) is 0 Å². The smallest absolute Gasteiger partial charge is 0.328 e. The maximum absolute atomic E-state index is 12.1. The Hall–Kier alpha value is -3.14. The number of aromatic amines is 1. The molecule has 1 amide bonds. The lowest BCUT2D eigenvalue weighted by atomic mass is 9.96. The van der Waals surface area contributed by atoms with Gasteiger partial charge in [-0.15, -0.1) is 0 Å². The molecule has 0 radical (unpaired) electrons. The molecule has 0 aliphatic heterocycles. The van der Waals surface area contributed by atoms with Gasteiger partial charge in [-0.1, -0.05) is 30.3 Å². The lowest BCUT2D eigenvalue weighted by Crippen LogP contribution is -2.39. The highest BCUT2D eigenvalue weighted by Gasteiger charge is 2.44. The zero-order valence-corrected chi connectivity index (χ0v) is 12.9. The molecule has 2 aromatic rings. The minimum Gasteiger partial charge on any atom is -0.354 e. The molecule has 0 spiro atoms. The molecule has 1 aromatic heterocycles. The van der Waals surface area contributed by atoms with Crippen molar-refractivity contribution >= 4 is 5.91 Å². The number of rotatable bonds is 5. The quantitative estimate of drug-likeness (QED) is 0.822. The summed E-state index contributed by atoms with van der Waals surface area (Å²) in [5.74, 6) is -0.338. The number of nitrogens with one attached hydrogen (secondary N) is 2. The Morgan fingerprint density at radius 1 is 1.29 bits per heavy atom. The van der Waals surface area contributed by atoms with E-state index in [1.165, 1.54) is 5.56 Å². The van der Waals surface area contributed by atoms with Gasteiger partial charge in [0.05, 0.1) is 0 Å². The number of benzene rings is 1. The molecule has 122 valence electrons. The third-order valence-corrected chi connectivity index (χ3v) is 4.31. The van der Waals surface area contributed by atoms with E-state index in [0.29, 0.717) is 6.54 Å². The van der Waals surface area contributed by atoms with Crippen LogP contribution in [0.25, 0.3) is 0 Å². The zero-order valence-electron chi connectivity index (χ0n) is 12.9. The number of aromatic nitrogens is 2. The molecule has 7 heteroatoms. The van der Waals surface area contributed by atoms with E-state index in [-0.39, 0.29) is 23.4 Å². The molecule has 0 saturated heterocycles. The molecule has 7 nitrogen and oxygen atoms in total. The van der Waals surface area contributed by atoms with Gasteiger partial charge in [0, 0.05) is 18.2 Å². The minimum atomic E-state index is -0.750. The molecule has 1 heterocycles. The molecule has 0 unspecified atom stereocenters. The van der Waals surface area contributed by atoms with Gasteiger partial charge in [0.2, 0.25) is 5.91 Å². The lowest BCUT2D eigenvalue weighted by molar-refractivity contribution is -0.121. The van der Waals surface area contributed by atoms with Gasteiger partial charge in [-0.3, -0.25) is 19.1 Å². The average Bonchev–Trinajstić information content (AvgIpc) is 3.37. The van der Waals surface area contributed by atoms with Crippen molar-refractivity contribution in [1.82, 2.24) is 14.9 Å². The predicted octanol–water partition coefficient (Wildman–Crippen LogP) is 0.256. The van der Waals surface area contributed by atoms with Gasteiger partial charge in [0.25, 0.3) is 5.56 Å². The van der Waals surface area contributed by atoms with Crippen molar-refractivity contribution in [3.63, 3.8) is 0 Å². The Morgan fingerprint density at radius 3 is 2.62 bits per heavy atom. The Balaban J connectivity index is 1.66. The van der Waals surface area contributed by atoms with Crippen LogP contribution < -0.4 is 16.6 Å². The number of hydrogen-bond donors (Lipinski definition) is 2. The van der Waals surface area contributed by atoms with Crippen molar-refractivity contribution in [3.05, 3.63) is 68.5 Å². The monoisotopic (exact) mass is 324 g/mol. The number of amides is 1. The maximum Gasteiger partial charge on any atom is 0.328 e. The maximum atomic E-state index is 12.1. The summed E-state index contributed by atoms with van der Waals surface area (Å²) in [6.07, 6.45) is 3.12. The van der Waals surface area contributed by atoms with Gasteiger partial charge < -0.3 is 5.32 Å². The Bertz CT molecular complexity index is 917. The van der Waals surface area contributed by atoms with Crippen molar-refractivity contribution in [2.75, 3.05) is 6.54 Å². The van der Waals surface area contributed by atoms with Crippen LogP contribution in [-0.4, -0.2) is 22.0 Å². The summed E-state index contributed by atoms with van der Waals surface area (Å²) < 4.78 is 1.03. The number of hydrogen-bond acceptors (Lipinski definition) is 4. The van der Waals surface area contributed by atoms with Gasteiger partial charge >= 0.3 is 5.69 Å². The number of nitrogens with zero attached hydrogens (tertiary/aromatic N) is 2. The zero-order chi connectivity index (χ0) is 17.2. The Kier molecular flexibility index (Phi) is 4.04. The number of H-pyrrole nitrogens is 1. The van der Waals surface area contributed by atoms with Crippen molar-refractivity contribution in [1.29, 1.82) is 5.26 Å². The highest BCUT2D eigenvalue weighted by molar-refractivity contribution is 5.76.